The molecular weight excluding hydrogens is 204 g/mol. The van der Waals surface area contributed by atoms with Crippen LogP contribution in [0.1, 0.15) is 18.9 Å². The standard InChI is InChI=1S/C12H16N2O2/c1-8(7-15)13-10-4-2-9-3-5-12(16)14-11(9)6-10/h2,4,6,8,13,15H,3,5,7H2,1H3,(H,14,16). The van der Waals surface area contributed by atoms with Crippen LogP contribution in [0.2, 0.25) is 0 Å². The lowest BCUT2D eigenvalue weighted by molar-refractivity contribution is -0.116. The minimum atomic E-state index is 0.0114. The first-order valence-corrected chi connectivity index (χ1v) is 5.49. The summed E-state index contributed by atoms with van der Waals surface area (Å²) < 4.78 is 0. The maximum atomic E-state index is 11.2. The molecule has 1 aromatic rings. The molecule has 0 spiro atoms. The molecule has 0 saturated heterocycles. The van der Waals surface area contributed by atoms with Crippen molar-refractivity contribution in [1.82, 2.24) is 0 Å². The van der Waals surface area contributed by atoms with Crippen LogP contribution in [0.3, 0.4) is 0 Å². The van der Waals surface area contributed by atoms with E-state index in [0.717, 1.165) is 17.8 Å². The molecule has 1 unspecified atom stereocenters. The van der Waals surface area contributed by atoms with E-state index in [9.17, 15) is 4.79 Å². The molecule has 4 nitrogen and oxygen atoms in total. The summed E-state index contributed by atoms with van der Waals surface area (Å²) in [5.74, 6) is 0.0693. The van der Waals surface area contributed by atoms with Crippen LogP contribution in [-0.2, 0) is 11.2 Å². The monoisotopic (exact) mass is 220 g/mol. The van der Waals surface area contributed by atoms with Crippen molar-refractivity contribution in [2.45, 2.75) is 25.8 Å². The topological polar surface area (TPSA) is 61.4 Å². The molecule has 86 valence electrons. The highest BCUT2D eigenvalue weighted by atomic mass is 16.3. The predicted molar refractivity (Wildman–Crippen MR) is 63.6 cm³/mol. The summed E-state index contributed by atoms with van der Waals surface area (Å²) in [5, 5.41) is 14.9. The Labute approximate surface area is 94.7 Å². The highest BCUT2D eigenvalue weighted by molar-refractivity contribution is 5.94. The second kappa shape index (κ2) is 4.53. The first-order chi connectivity index (χ1) is 7.69. The van der Waals surface area contributed by atoms with E-state index >= 15 is 0 Å². The molecule has 3 N–H and O–H groups in total. The van der Waals surface area contributed by atoms with Gasteiger partial charge in [0.25, 0.3) is 0 Å². The lowest BCUT2D eigenvalue weighted by Gasteiger charge is -2.19. The average Bonchev–Trinajstić information content (AvgIpc) is 2.28. The van der Waals surface area contributed by atoms with Crippen LogP contribution in [0.15, 0.2) is 18.2 Å². The molecule has 0 saturated carbocycles. The number of carbonyl (C=O) groups is 1. The van der Waals surface area contributed by atoms with Crippen molar-refractivity contribution in [1.29, 1.82) is 0 Å². The zero-order chi connectivity index (χ0) is 11.5. The molecule has 16 heavy (non-hydrogen) atoms. The largest absolute Gasteiger partial charge is 0.394 e. The Bertz CT molecular complexity index is 404. The van der Waals surface area contributed by atoms with E-state index in [4.69, 9.17) is 5.11 Å². The molecule has 0 aromatic heterocycles. The molecule has 1 atom stereocenters. The first kappa shape index (κ1) is 11.0. The van der Waals surface area contributed by atoms with E-state index in [1.54, 1.807) is 0 Å². The van der Waals surface area contributed by atoms with Gasteiger partial charge in [-0.1, -0.05) is 6.07 Å². The molecule has 1 amide bonds. The number of anilines is 2. The summed E-state index contributed by atoms with van der Waals surface area (Å²) in [6.45, 7) is 1.99. The SMILES string of the molecule is CC(CO)Nc1ccc2c(c1)NC(=O)CC2. The normalized spacial score (nSPS) is 16.2. The summed E-state index contributed by atoms with van der Waals surface area (Å²) >= 11 is 0. The third-order valence-electron chi connectivity index (χ3n) is 2.69. The van der Waals surface area contributed by atoms with Gasteiger partial charge in [-0.3, -0.25) is 4.79 Å². The summed E-state index contributed by atoms with van der Waals surface area (Å²) in [7, 11) is 0. The van der Waals surface area contributed by atoms with Crippen LogP contribution < -0.4 is 10.6 Å². The van der Waals surface area contributed by atoms with Gasteiger partial charge in [-0.25, -0.2) is 0 Å². The first-order valence-electron chi connectivity index (χ1n) is 5.49. The van der Waals surface area contributed by atoms with Crippen LogP contribution in [0.4, 0.5) is 11.4 Å². The van der Waals surface area contributed by atoms with E-state index < -0.39 is 0 Å². The lowest BCUT2D eigenvalue weighted by Crippen LogP contribution is -2.21. The van der Waals surface area contributed by atoms with Gasteiger partial charge in [0.05, 0.1) is 6.61 Å². The minimum absolute atomic E-state index is 0.0114. The number of hydrogen-bond donors (Lipinski definition) is 3. The molecule has 4 heteroatoms. The van der Waals surface area contributed by atoms with Crippen molar-refractivity contribution in [3.05, 3.63) is 23.8 Å². The number of benzene rings is 1. The number of nitrogens with one attached hydrogen (secondary N) is 2. The fourth-order valence-corrected chi connectivity index (χ4v) is 1.79. The van der Waals surface area contributed by atoms with Crippen LogP contribution in [0, 0.1) is 0 Å². The number of aliphatic hydroxyl groups excluding tert-OH is 1. The van der Waals surface area contributed by atoms with Gasteiger partial charge >= 0.3 is 0 Å². The molecule has 0 radical (unpaired) electrons. The number of hydrogen-bond acceptors (Lipinski definition) is 3. The second-order valence-electron chi connectivity index (χ2n) is 4.15. The highest BCUT2D eigenvalue weighted by Gasteiger charge is 2.14. The second-order valence-corrected chi connectivity index (χ2v) is 4.15. The number of amides is 1. The molecule has 0 aliphatic carbocycles. The Morgan fingerprint density at radius 1 is 1.50 bits per heavy atom. The van der Waals surface area contributed by atoms with E-state index in [2.05, 4.69) is 10.6 Å². The van der Waals surface area contributed by atoms with Crippen LogP contribution in [-0.4, -0.2) is 23.7 Å². The van der Waals surface area contributed by atoms with Gasteiger partial charge in [0.1, 0.15) is 0 Å². The maximum absolute atomic E-state index is 11.2. The molecule has 0 bridgehead atoms. The molecule has 0 fully saturated rings. The van der Waals surface area contributed by atoms with Gasteiger partial charge in [-0.05, 0) is 31.0 Å². The van der Waals surface area contributed by atoms with Gasteiger partial charge in [-0.15, -0.1) is 0 Å². The fraction of sp³-hybridized carbons (Fsp3) is 0.417. The molecule has 1 heterocycles. The fourth-order valence-electron chi connectivity index (χ4n) is 1.79. The predicted octanol–water partition coefficient (Wildman–Crippen LogP) is 1.36. The zero-order valence-corrected chi connectivity index (χ0v) is 9.29. The summed E-state index contributed by atoms with van der Waals surface area (Å²) in [4.78, 5) is 11.2. The maximum Gasteiger partial charge on any atom is 0.224 e. The number of aryl methyl sites for hydroxylation is 1. The van der Waals surface area contributed by atoms with Crippen molar-refractivity contribution >= 4 is 17.3 Å². The average molecular weight is 220 g/mol. The number of carbonyl (C=O) groups excluding carboxylic acids is 1. The highest BCUT2D eigenvalue weighted by Crippen LogP contribution is 2.26. The lowest BCUT2D eigenvalue weighted by atomic mass is 10.0. The smallest absolute Gasteiger partial charge is 0.224 e. The Hall–Kier alpha value is -1.55. The Morgan fingerprint density at radius 2 is 2.31 bits per heavy atom. The van der Waals surface area contributed by atoms with Gasteiger partial charge in [0.2, 0.25) is 5.91 Å². The van der Waals surface area contributed by atoms with Gasteiger partial charge in [0, 0.05) is 23.8 Å². The summed E-state index contributed by atoms with van der Waals surface area (Å²) in [5.41, 5.74) is 2.97. The number of aliphatic hydroxyl groups is 1. The van der Waals surface area contributed by atoms with Crippen molar-refractivity contribution in [3.8, 4) is 0 Å². The quantitative estimate of drug-likeness (QED) is 0.721. The van der Waals surface area contributed by atoms with Gasteiger partial charge < -0.3 is 15.7 Å². The third kappa shape index (κ3) is 2.33. The van der Waals surface area contributed by atoms with E-state index in [1.165, 1.54) is 5.56 Å². The molecule has 2 rings (SSSR count). The molecule has 1 aliphatic rings. The van der Waals surface area contributed by atoms with E-state index in [1.807, 2.05) is 25.1 Å². The molecular formula is C12H16N2O2. The zero-order valence-electron chi connectivity index (χ0n) is 9.29. The third-order valence-corrected chi connectivity index (χ3v) is 2.69. The number of rotatable bonds is 3. The van der Waals surface area contributed by atoms with Crippen molar-refractivity contribution in [3.63, 3.8) is 0 Å². The van der Waals surface area contributed by atoms with Crippen molar-refractivity contribution < 1.29 is 9.90 Å². The van der Waals surface area contributed by atoms with Crippen molar-refractivity contribution in [2.24, 2.45) is 0 Å². The molecule has 1 aromatic carbocycles. The summed E-state index contributed by atoms with van der Waals surface area (Å²) in [6.07, 6.45) is 1.36. The van der Waals surface area contributed by atoms with Crippen LogP contribution in [0.5, 0.6) is 0 Å². The van der Waals surface area contributed by atoms with Gasteiger partial charge in [0.15, 0.2) is 0 Å². The Morgan fingerprint density at radius 3 is 3.06 bits per heavy atom. The van der Waals surface area contributed by atoms with E-state index in [-0.39, 0.29) is 18.6 Å². The van der Waals surface area contributed by atoms with Crippen LogP contribution >= 0.6 is 0 Å². The Balaban J connectivity index is 2.18. The molecule has 1 aliphatic heterocycles. The van der Waals surface area contributed by atoms with Gasteiger partial charge in [-0.2, -0.15) is 0 Å². The minimum Gasteiger partial charge on any atom is -0.394 e. The Kier molecular flexibility index (Phi) is 3.10. The summed E-state index contributed by atoms with van der Waals surface area (Å²) in [6, 6.07) is 5.92. The van der Waals surface area contributed by atoms with Crippen LogP contribution in [0.25, 0.3) is 0 Å². The number of fused-ring (bicyclic) bond motifs is 1. The van der Waals surface area contributed by atoms with E-state index in [0.29, 0.717) is 6.42 Å². The van der Waals surface area contributed by atoms with Crippen molar-refractivity contribution in [2.75, 3.05) is 17.2 Å².